The van der Waals surface area contributed by atoms with Crippen molar-refractivity contribution >= 4 is 45.2 Å². The number of nitrogens with one attached hydrogen (secondary N) is 2. The molecule has 2 aromatic carbocycles. The maximum Gasteiger partial charge on any atom is 0.262 e. The predicted octanol–water partition coefficient (Wildman–Crippen LogP) is 3.21. The van der Waals surface area contributed by atoms with Gasteiger partial charge in [0.2, 0.25) is 11.8 Å². The molecule has 0 saturated heterocycles. The molecule has 0 saturated carbocycles. The average Bonchev–Trinajstić information content (AvgIpc) is 2.95. The molecule has 0 aromatic heterocycles. The minimum Gasteiger partial charge on any atom is -0.354 e. The maximum atomic E-state index is 12.8. The second-order valence-electron chi connectivity index (χ2n) is 7.31. The van der Waals surface area contributed by atoms with Crippen LogP contribution in [0, 0.1) is 5.92 Å². The number of nitrogens with zero attached hydrogens (tertiary/aromatic N) is 1. The van der Waals surface area contributed by atoms with E-state index < -0.39 is 23.8 Å². The number of amides is 4. The summed E-state index contributed by atoms with van der Waals surface area (Å²) in [6.07, 6.45) is 0.0642. The normalized spacial score (nSPS) is 13.9. The van der Waals surface area contributed by atoms with E-state index in [1.54, 1.807) is 50.2 Å². The van der Waals surface area contributed by atoms with Gasteiger partial charge >= 0.3 is 0 Å². The topological polar surface area (TPSA) is 95.6 Å². The summed E-state index contributed by atoms with van der Waals surface area (Å²) >= 11 is 3.33. The standard InChI is InChI=1S/C22H22BrN3O4/c1-13(2)19(26-21(29)16-5-3-4-6-17(16)22(26)30)20(28)24-12-11-18(27)25-15-9-7-14(23)8-10-15/h3-10,13,19H,11-12H2,1-2H3,(H,24,28)(H,25,27). The first-order chi connectivity index (χ1) is 14.3. The van der Waals surface area contributed by atoms with Gasteiger partial charge in [0, 0.05) is 23.1 Å². The Morgan fingerprint density at radius 3 is 2.07 bits per heavy atom. The number of hydrogen-bond acceptors (Lipinski definition) is 4. The van der Waals surface area contributed by atoms with E-state index in [4.69, 9.17) is 0 Å². The van der Waals surface area contributed by atoms with Crippen LogP contribution in [0.3, 0.4) is 0 Å². The number of hydrogen-bond donors (Lipinski definition) is 2. The van der Waals surface area contributed by atoms with Gasteiger partial charge in [-0.15, -0.1) is 0 Å². The summed E-state index contributed by atoms with van der Waals surface area (Å²) in [6, 6.07) is 12.7. The molecule has 2 N–H and O–H groups in total. The number of imide groups is 1. The third kappa shape index (κ3) is 4.59. The molecule has 8 heteroatoms. The first kappa shape index (κ1) is 21.7. The fourth-order valence-electron chi connectivity index (χ4n) is 3.34. The number of anilines is 1. The first-order valence-corrected chi connectivity index (χ1v) is 10.4. The summed E-state index contributed by atoms with van der Waals surface area (Å²) in [5.41, 5.74) is 1.25. The lowest BCUT2D eigenvalue weighted by molar-refractivity contribution is -0.126. The fourth-order valence-corrected chi connectivity index (χ4v) is 3.60. The molecule has 0 aliphatic carbocycles. The molecular weight excluding hydrogens is 450 g/mol. The third-order valence-corrected chi connectivity index (χ3v) is 5.31. The number of rotatable bonds is 7. The number of fused-ring (bicyclic) bond motifs is 1. The van der Waals surface area contributed by atoms with Crippen LogP contribution < -0.4 is 10.6 Å². The Hall–Kier alpha value is -3.00. The Labute approximate surface area is 183 Å². The lowest BCUT2D eigenvalue weighted by Gasteiger charge is -2.28. The number of carbonyl (C=O) groups is 4. The molecule has 1 unspecified atom stereocenters. The van der Waals surface area contributed by atoms with Crippen LogP contribution in [0.4, 0.5) is 5.69 Å². The van der Waals surface area contributed by atoms with Crippen molar-refractivity contribution < 1.29 is 19.2 Å². The Bertz CT molecular complexity index is 953. The Morgan fingerprint density at radius 2 is 1.53 bits per heavy atom. The molecule has 3 rings (SSSR count). The van der Waals surface area contributed by atoms with Crippen molar-refractivity contribution in [3.05, 3.63) is 64.1 Å². The zero-order valence-corrected chi connectivity index (χ0v) is 18.2. The summed E-state index contributed by atoms with van der Waals surface area (Å²) in [5, 5.41) is 5.43. The summed E-state index contributed by atoms with van der Waals surface area (Å²) in [6.45, 7) is 3.63. The van der Waals surface area contributed by atoms with Crippen LogP contribution in [0.25, 0.3) is 0 Å². The van der Waals surface area contributed by atoms with E-state index in [2.05, 4.69) is 26.6 Å². The van der Waals surface area contributed by atoms with Gasteiger partial charge in [0.05, 0.1) is 11.1 Å². The summed E-state index contributed by atoms with van der Waals surface area (Å²) < 4.78 is 0.903. The summed E-state index contributed by atoms with van der Waals surface area (Å²) in [4.78, 5) is 51.4. The van der Waals surface area contributed by atoms with E-state index >= 15 is 0 Å². The maximum absolute atomic E-state index is 12.8. The molecule has 4 amide bonds. The molecule has 0 bridgehead atoms. The van der Waals surface area contributed by atoms with Gasteiger partial charge < -0.3 is 10.6 Å². The van der Waals surface area contributed by atoms with Crippen LogP contribution in [-0.2, 0) is 9.59 Å². The molecule has 2 aromatic rings. The van der Waals surface area contributed by atoms with Gasteiger partial charge in [0.25, 0.3) is 11.8 Å². The largest absolute Gasteiger partial charge is 0.354 e. The van der Waals surface area contributed by atoms with E-state index in [1.165, 1.54) is 0 Å². The summed E-state index contributed by atoms with van der Waals surface area (Å²) in [5.74, 6) is -1.95. The van der Waals surface area contributed by atoms with Crippen LogP contribution in [0.5, 0.6) is 0 Å². The molecule has 1 heterocycles. The average molecular weight is 472 g/mol. The molecule has 1 atom stereocenters. The molecule has 0 fully saturated rings. The molecule has 1 aliphatic rings. The van der Waals surface area contributed by atoms with Crippen molar-refractivity contribution in [3.63, 3.8) is 0 Å². The van der Waals surface area contributed by atoms with E-state index in [0.29, 0.717) is 16.8 Å². The quantitative estimate of drug-likeness (QED) is 0.605. The Kier molecular flexibility index (Phi) is 6.66. The SMILES string of the molecule is CC(C)C(C(=O)NCCC(=O)Nc1ccc(Br)cc1)N1C(=O)c2ccccc2C1=O. The van der Waals surface area contributed by atoms with Crippen LogP contribution in [0.2, 0.25) is 0 Å². The highest BCUT2D eigenvalue weighted by molar-refractivity contribution is 9.10. The van der Waals surface area contributed by atoms with Gasteiger partial charge in [-0.1, -0.05) is 41.9 Å². The van der Waals surface area contributed by atoms with Crippen molar-refractivity contribution in [2.24, 2.45) is 5.92 Å². The molecule has 7 nitrogen and oxygen atoms in total. The van der Waals surface area contributed by atoms with Crippen LogP contribution >= 0.6 is 15.9 Å². The molecular formula is C22H22BrN3O4. The second kappa shape index (κ2) is 9.21. The first-order valence-electron chi connectivity index (χ1n) is 9.59. The predicted molar refractivity (Wildman–Crippen MR) is 116 cm³/mol. The number of carbonyl (C=O) groups excluding carboxylic acids is 4. The number of halogens is 1. The van der Waals surface area contributed by atoms with Crippen molar-refractivity contribution in [2.45, 2.75) is 26.3 Å². The zero-order chi connectivity index (χ0) is 21.8. The highest BCUT2D eigenvalue weighted by Gasteiger charge is 2.43. The summed E-state index contributed by atoms with van der Waals surface area (Å²) in [7, 11) is 0. The van der Waals surface area contributed by atoms with Crippen molar-refractivity contribution in [1.29, 1.82) is 0 Å². The lowest BCUT2D eigenvalue weighted by atomic mass is 10.0. The second-order valence-corrected chi connectivity index (χ2v) is 8.23. The van der Waals surface area contributed by atoms with Gasteiger partial charge in [0.15, 0.2) is 0 Å². The molecule has 156 valence electrons. The monoisotopic (exact) mass is 471 g/mol. The van der Waals surface area contributed by atoms with E-state index in [1.807, 2.05) is 12.1 Å². The van der Waals surface area contributed by atoms with Crippen molar-refractivity contribution in [1.82, 2.24) is 10.2 Å². The van der Waals surface area contributed by atoms with E-state index in [0.717, 1.165) is 9.37 Å². The van der Waals surface area contributed by atoms with Crippen LogP contribution in [0.1, 0.15) is 41.0 Å². The van der Waals surface area contributed by atoms with Crippen molar-refractivity contribution in [2.75, 3.05) is 11.9 Å². The number of benzene rings is 2. The third-order valence-electron chi connectivity index (χ3n) is 4.78. The fraction of sp³-hybridized carbons (Fsp3) is 0.273. The zero-order valence-electron chi connectivity index (χ0n) is 16.6. The lowest BCUT2D eigenvalue weighted by Crippen LogP contribution is -2.52. The molecule has 1 aliphatic heterocycles. The van der Waals surface area contributed by atoms with Gasteiger partial charge in [-0.25, -0.2) is 0 Å². The highest BCUT2D eigenvalue weighted by atomic mass is 79.9. The molecule has 0 spiro atoms. The van der Waals surface area contributed by atoms with E-state index in [-0.39, 0.29) is 24.8 Å². The molecule has 0 radical (unpaired) electrons. The van der Waals surface area contributed by atoms with E-state index in [9.17, 15) is 19.2 Å². The van der Waals surface area contributed by atoms with Crippen LogP contribution in [-0.4, -0.2) is 41.1 Å². The van der Waals surface area contributed by atoms with Crippen molar-refractivity contribution in [3.8, 4) is 0 Å². The minimum absolute atomic E-state index is 0.0642. The Morgan fingerprint density at radius 1 is 0.967 bits per heavy atom. The smallest absolute Gasteiger partial charge is 0.262 e. The van der Waals surface area contributed by atoms with Gasteiger partial charge in [-0.2, -0.15) is 0 Å². The minimum atomic E-state index is -0.952. The molecule has 30 heavy (non-hydrogen) atoms. The van der Waals surface area contributed by atoms with Gasteiger partial charge in [0.1, 0.15) is 6.04 Å². The highest BCUT2D eigenvalue weighted by Crippen LogP contribution is 2.27. The Balaban J connectivity index is 1.60. The van der Waals surface area contributed by atoms with Crippen LogP contribution in [0.15, 0.2) is 53.0 Å². The van der Waals surface area contributed by atoms with Gasteiger partial charge in [-0.05, 0) is 42.3 Å². The van der Waals surface area contributed by atoms with Gasteiger partial charge in [-0.3, -0.25) is 24.1 Å².